The van der Waals surface area contributed by atoms with Gasteiger partial charge in [0.2, 0.25) is 0 Å². The third-order valence-electron chi connectivity index (χ3n) is 6.15. The number of nitrogens with zero attached hydrogens (tertiary/aromatic N) is 5. The molecule has 0 amide bonds. The molecule has 1 fully saturated rings. The second kappa shape index (κ2) is 12.5. The van der Waals surface area contributed by atoms with Crippen LogP contribution in [0, 0.1) is 13.8 Å². The molecule has 1 saturated heterocycles. The molecule has 4 rings (SSSR count). The molecule has 1 aliphatic heterocycles. The van der Waals surface area contributed by atoms with E-state index in [-0.39, 0.29) is 80.9 Å². The first-order valence-corrected chi connectivity index (χ1v) is 10.8. The van der Waals surface area contributed by atoms with Gasteiger partial charge in [-0.25, -0.2) is 4.68 Å². The van der Waals surface area contributed by atoms with Crippen LogP contribution >= 0.6 is 0 Å². The summed E-state index contributed by atoms with van der Waals surface area (Å²) >= 11 is 5.13. The van der Waals surface area contributed by atoms with Crippen molar-refractivity contribution in [3.05, 3.63) is 53.6 Å². The summed E-state index contributed by atoms with van der Waals surface area (Å²) in [7, 11) is 0. The Morgan fingerprint density at radius 1 is 1.24 bits per heavy atom. The number of hydrogen-bond acceptors (Lipinski definition) is 7. The average molecular weight is 500 g/mol. The molecule has 0 spiro atoms. The number of tetrazole rings is 1. The number of carbonyl (C=O) groups excluding carboxylic acids is 1. The fourth-order valence-electron chi connectivity index (χ4n) is 4.73. The van der Waals surface area contributed by atoms with Gasteiger partial charge in [0, 0.05) is 34.9 Å². The molecule has 11 heteroatoms. The fourth-order valence-corrected chi connectivity index (χ4v) is 4.91. The third-order valence-corrected chi connectivity index (χ3v) is 6.40. The van der Waals surface area contributed by atoms with Gasteiger partial charge >= 0.3 is 80.9 Å². The number of anilines is 1. The van der Waals surface area contributed by atoms with E-state index in [0.717, 1.165) is 47.7 Å². The molecule has 2 unspecified atom stereocenters. The summed E-state index contributed by atoms with van der Waals surface area (Å²) < 4.78 is 1.97. The van der Waals surface area contributed by atoms with Gasteiger partial charge in [-0.05, 0) is 42.5 Å². The Labute approximate surface area is 264 Å². The van der Waals surface area contributed by atoms with Crippen molar-refractivity contribution in [1.82, 2.24) is 24.7 Å². The Balaban J connectivity index is 0.00000193. The molecule has 2 heterocycles. The smallest absolute Gasteiger partial charge is 0.738 e. The minimum Gasteiger partial charge on any atom is -0.738 e. The van der Waals surface area contributed by atoms with Crippen LogP contribution in [0.15, 0.2) is 47.6 Å². The molecular formula is C22H25KN6NaO2S+. The van der Waals surface area contributed by atoms with Crippen molar-refractivity contribution in [1.29, 1.82) is 0 Å². The summed E-state index contributed by atoms with van der Waals surface area (Å²) in [5, 5.41) is 26.8. The molecule has 162 valence electrons. The summed E-state index contributed by atoms with van der Waals surface area (Å²) in [5.41, 5.74) is 5.11. The first-order valence-electron chi connectivity index (χ1n) is 10.4. The maximum absolute atomic E-state index is 11.9. The van der Waals surface area contributed by atoms with Gasteiger partial charge in [-0.1, -0.05) is 24.3 Å². The number of rotatable bonds is 8. The van der Waals surface area contributed by atoms with Crippen molar-refractivity contribution >= 4 is 30.0 Å². The SMILES string of the molecule is Cc1cccc(C)c1[N+]1(CCCNc2cccc(-n3nnnc3[S-])c2)CCC1C(=O)[O-].[K+].[Na+]. The predicted octanol–water partition coefficient (Wildman–Crippen LogP) is -4.48. The molecule has 2 aromatic carbocycles. The Morgan fingerprint density at radius 3 is 2.52 bits per heavy atom. The van der Waals surface area contributed by atoms with E-state index in [2.05, 4.69) is 46.8 Å². The van der Waals surface area contributed by atoms with Crippen LogP contribution in [-0.4, -0.2) is 51.9 Å². The van der Waals surface area contributed by atoms with Gasteiger partial charge in [0.1, 0.15) is 11.7 Å². The van der Waals surface area contributed by atoms with Gasteiger partial charge in [-0.2, -0.15) is 0 Å². The van der Waals surface area contributed by atoms with Crippen LogP contribution in [0.5, 0.6) is 0 Å². The van der Waals surface area contributed by atoms with Gasteiger partial charge < -0.3 is 27.8 Å². The number of aryl methyl sites for hydroxylation is 2. The van der Waals surface area contributed by atoms with Crippen LogP contribution in [0.4, 0.5) is 11.4 Å². The number of aromatic nitrogens is 4. The standard InChI is InChI=1S/C22H26N6O2S.K.Na/c1-15-6-3-7-16(2)20(15)28(13-10-19(28)21(29)30)12-5-11-23-17-8-4-9-18(14-17)27-22(31)24-25-26-27;;/h3-4,6-9,14,19,23H,5,10-13H2,1-2H3,(H-,24,26,29,30,31);;/q;2*+1/p-1. The van der Waals surface area contributed by atoms with E-state index >= 15 is 0 Å². The molecule has 0 radical (unpaired) electrons. The van der Waals surface area contributed by atoms with Crippen LogP contribution < -0.4 is 95.8 Å². The van der Waals surface area contributed by atoms with Gasteiger partial charge in [0.05, 0.1) is 31.2 Å². The zero-order valence-electron chi connectivity index (χ0n) is 19.6. The Bertz CT molecular complexity index is 1090. The van der Waals surface area contributed by atoms with Crippen LogP contribution in [0.25, 0.3) is 5.69 Å². The van der Waals surface area contributed by atoms with E-state index in [4.69, 9.17) is 12.6 Å². The number of carboxylic acid groups (broad SMARTS) is 1. The van der Waals surface area contributed by atoms with Gasteiger partial charge in [0.15, 0.2) is 0 Å². The molecule has 0 saturated carbocycles. The fraction of sp³-hybridized carbons (Fsp3) is 0.364. The molecule has 1 aliphatic rings. The topological polar surface area (TPSA) is 95.8 Å². The molecule has 2 atom stereocenters. The van der Waals surface area contributed by atoms with Crippen molar-refractivity contribution in [2.24, 2.45) is 0 Å². The van der Waals surface area contributed by atoms with E-state index in [1.165, 1.54) is 4.68 Å². The Hall–Kier alpha value is -0.404. The van der Waals surface area contributed by atoms with Gasteiger partial charge in [-0.15, -0.1) is 5.10 Å². The van der Waals surface area contributed by atoms with Crippen LogP contribution in [0.3, 0.4) is 0 Å². The number of likely N-dealkylation sites (tertiary alicyclic amines) is 1. The maximum atomic E-state index is 11.9. The average Bonchev–Trinajstić information content (AvgIpc) is 3.14. The third kappa shape index (κ3) is 6.06. The first-order chi connectivity index (χ1) is 14.9. The monoisotopic (exact) mass is 499 g/mol. The molecule has 0 aliphatic carbocycles. The Kier molecular flexibility index (Phi) is 10.9. The van der Waals surface area contributed by atoms with Crippen molar-refractivity contribution in [2.45, 2.75) is 37.9 Å². The normalized spacial score (nSPS) is 19.0. The number of carbonyl (C=O) groups is 1. The van der Waals surface area contributed by atoms with Crippen molar-refractivity contribution in [2.75, 3.05) is 25.0 Å². The number of para-hydroxylation sites is 1. The second-order valence-corrected chi connectivity index (χ2v) is 8.41. The quantitative estimate of drug-likeness (QED) is 0.145. The number of aliphatic carboxylic acids is 1. The summed E-state index contributed by atoms with van der Waals surface area (Å²) in [6.07, 6.45) is 1.47. The van der Waals surface area contributed by atoms with E-state index in [1.54, 1.807) is 0 Å². The number of quaternary nitrogens is 1. The largest absolute Gasteiger partial charge is 1.00 e. The van der Waals surface area contributed by atoms with Crippen molar-refractivity contribution in [3.63, 3.8) is 0 Å². The molecule has 33 heavy (non-hydrogen) atoms. The van der Waals surface area contributed by atoms with E-state index in [9.17, 15) is 9.90 Å². The summed E-state index contributed by atoms with van der Waals surface area (Å²) in [4.78, 5) is 11.9. The number of hydrogen-bond donors (Lipinski definition) is 1. The summed E-state index contributed by atoms with van der Waals surface area (Å²) in [5.74, 6) is -0.962. The van der Waals surface area contributed by atoms with E-state index in [0.29, 0.717) is 22.6 Å². The number of carboxylic acids is 1. The van der Waals surface area contributed by atoms with Crippen LogP contribution in [-0.2, 0) is 17.4 Å². The van der Waals surface area contributed by atoms with Crippen LogP contribution in [0.2, 0.25) is 0 Å². The van der Waals surface area contributed by atoms with Gasteiger partial charge in [0.25, 0.3) is 0 Å². The molecule has 1 N–H and O–H groups in total. The molecule has 8 nitrogen and oxygen atoms in total. The van der Waals surface area contributed by atoms with E-state index < -0.39 is 12.0 Å². The summed E-state index contributed by atoms with van der Waals surface area (Å²) in [6, 6.07) is 13.4. The molecular weight excluding hydrogens is 474 g/mol. The Morgan fingerprint density at radius 2 is 1.94 bits per heavy atom. The van der Waals surface area contributed by atoms with E-state index in [1.807, 2.05) is 30.3 Å². The van der Waals surface area contributed by atoms with Crippen molar-refractivity contribution < 1.29 is 90.8 Å². The zero-order valence-corrected chi connectivity index (χ0v) is 25.6. The second-order valence-electron chi connectivity index (χ2n) is 8.05. The maximum Gasteiger partial charge on any atom is 1.00 e. The molecule has 1 aromatic heterocycles. The molecule has 3 aromatic rings. The first kappa shape index (κ1) is 28.8. The number of nitrogens with one attached hydrogen (secondary N) is 1. The minimum absolute atomic E-state index is 0. The van der Waals surface area contributed by atoms with Crippen molar-refractivity contribution in [3.8, 4) is 5.69 Å². The zero-order chi connectivity index (χ0) is 22.0. The van der Waals surface area contributed by atoms with Crippen LogP contribution in [0.1, 0.15) is 24.0 Å². The van der Waals surface area contributed by atoms with Gasteiger partial charge in [-0.3, -0.25) is 4.48 Å². The number of benzene rings is 2. The minimum atomic E-state index is -0.962. The molecule has 0 bridgehead atoms. The predicted molar refractivity (Wildman–Crippen MR) is 119 cm³/mol. The summed E-state index contributed by atoms with van der Waals surface area (Å²) in [6.45, 7) is 6.39.